The van der Waals surface area contributed by atoms with E-state index in [1.54, 1.807) is 0 Å². The standard InChI is InChI=1S/C18H22N2O2.ClH/c1-3-16-11(2)9-17(22-16)18(21)20-15-6-4-5-12-10-13(19)7-8-14(12)15;/h7-10,15H,3-6,19H2,1-2H3,(H,20,21);1H. The summed E-state index contributed by atoms with van der Waals surface area (Å²) in [7, 11) is 0. The van der Waals surface area contributed by atoms with Crippen LogP contribution in [0.1, 0.15) is 58.8 Å². The Kier molecular flexibility index (Phi) is 5.37. The number of nitrogens with one attached hydrogen (secondary N) is 1. The number of hydrogen-bond donors (Lipinski definition) is 2. The molecule has 0 aliphatic heterocycles. The first-order chi connectivity index (χ1) is 10.6. The van der Waals surface area contributed by atoms with Crippen LogP contribution < -0.4 is 11.1 Å². The summed E-state index contributed by atoms with van der Waals surface area (Å²) in [5, 5.41) is 3.10. The first-order valence-electron chi connectivity index (χ1n) is 7.87. The van der Waals surface area contributed by atoms with E-state index in [2.05, 4.69) is 5.32 Å². The molecule has 4 nitrogen and oxygen atoms in total. The lowest BCUT2D eigenvalue weighted by atomic mass is 9.87. The molecule has 0 radical (unpaired) electrons. The van der Waals surface area contributed by atoms with Crippen molar-refractivity contribution in [2.75, 3.05) is 5.73 Å². The van der Waals surface area contributed by atoms with Gasteiger partial charge in [-0.1, -0.05) is 13.0 Å². The van der Waals surface area contributed by atoms with Gasteiger partial charge < -0.3 is 15.5 Å². The summed E-state index contributed by atoms with van der Waals surface area (Å²) in [6.07, 6.45) is 3.82. The Balaban J connectivity index is 0.00000192. The number of furan rings is 1. The van der Waals surface area contributed by atoms with E-state index in [1.807, 2.05) is 38.1 Å². The molecule has 0 spiro atoms. The molecule has 2 aromatic rings. The number of aryl methyl sites for hydroxylation is 3. The van der Waals surface area contributed by atoms with Gasteiger partial charge in [0.05, 0.1) is 6.04 Å². The Morgan fingerprint density at radius 2 is 2.17 bits per heavy atom. The van der Waals surface area contributed by atoms with Crippen LogP contribution in [0.5, 0.6) is 0 Å². The number of halogens is 1. The summed E-state index contributed by atoms with van der Waals surface area (Å²) in [5.41, 5.74) is 10.1. The molecular formula is C18H23ClN2O2. The van der Waals surface area contributed by atoms with Crippen molar-refractivity contribution in [3.63, 3.8) is 0 Å². The van der Waals surface area contributed by atoms with E-state index in [0.717, 1.165) is 42.7 Å². The molecule has 5 heteroatoms. The maximum absolute atomic E-state index is 12.4. The van der Waals surface area contributed by atoms with Gasteiger partial charge in [0.25, 0.3) is 5.91 Å². The minimum atomic E-state index is -0.141. The molecule has 1 heterocycles. The highest BCUT2D eigenvalue weighted by atomic mass is 35.5. The highest BCUT2D eigenvalue weighted by Gasteiger charge is 2.24. The predicted octanol–water partition coefficient (Wildman–Crippen LogP) is 3.96. The largest absolute Gasteiger partial charge is 0.456 e. The SMILES string of the molecule is CCc1oc(C(=O)NC2CCCc3cc(N)ccc32)cc1C.Cl. The topological polar surface area (TPSA) is 68.3 Å². The van der Waals surface area contributed by atoms with E-state index in [4.69, 9.17) is 10.2 Å². The number of hydrogen-bond acceptors (Lipinski definition) is 3. The van der Waals surface area contributed by atoms with Crippen LogP contribution in [-0.2, 0) is 12.8 Å². The Bertz CT molecular complexity index is 709. The molecule has 0 saturated heterocycles. The molecule has 1 amide bonds. The van der Waals surface area contributed by atoms with Crippen LogP contribution in [0.2, 0.25) is 0 Å². The average molecular weight is 335 g/mol. The fraction of sp³-hybridized carbons (Fsp3) is 0.389. The highest BCUT2D eigenvalue weighted by Crippen LogP contribution is 2.31. The number of anilines is 1. The van der Waals surface area contributed by atoms with Crippen molar-refractivity contribution in [2.45, 2.75) is 45.6 Å². The van der Waals surface area contributed by atoms with Crippen LogP contribution >= 0.6 is 12.4 Å². The van der Waals surface area contributed by atoms with Crippen molar-refractivity contribution >= 4 is 24.0 Å². The molecule has 1 atom stereocenters. The lowest BCUT2D eigenvalue weighted by Gasteiger charge is -2.26. The van der Waals surface area contributed by atoms with Crippen molar-refractivity contribution in [1.29, 1.82) is 0 Å². The molecular weight excluding hydrogens is 312 g/mol. The number of fused-ring (bicyclic) bond motifs is 1. The Morgan fingerprint density at radius 3 is 2.87 bits per heavy atom. The van der Waals surface area contributed by atoms with Gasteiger partial charge in [-0.25, -0.2) is 0 Å². The van der Waals surface area contributed by atoms with Gasteiger partial charge in [0.15, 0.2) is 5.76 Å². The van der Waals surface area contributed by atoms with Gasteiger partial charge in [0, 0.05) is 12.1 Å². The molecule has 0 bridgehead atoms. The van der Waals surface area contributed by atoms with Gasteiger partial charge >= 0.3 is 0 Å². The molecule has 1 aromatic carbocycles. The van der Waals surface area contributed by atoms with Crippen LogP contribution in [0.15, 0.2) is 28.7 Å². The normalized spacial score (nSPS) is 16.3. The van der Waals surface area contributed by atoms with Crippen molar-refractivity contribution < 1.29 is 9.21 Å². The zero-order chi connectivity index (χ0) is 15.7. The Morgan fingerprint density at radius 1 is 1.39 bits per heavy atom. The molecule has 0 saturated carbocycles. The minimum absolute atomic E-state index is 0. The maximum Gasteiger partial charge on any atom is 0.287 e. The fourth-order valence-corrected chi connectivity index (χ4v) is 3.20. The second kappa shape index (κ2) is 7.09. The maximum atomic E-state index is 12.4. The Labute approximate surface area is 142 Å². The molecule has 0 fully saturated rings. The zero-order valence-corrected chi connectivity index (χ0v) is 14.3. The van der Waals surface area contributed by atoms with Crippen LogP contribution in [0.4, 0.5) is 5.69 Å². The fourth-order valence-electron chi connectivity index (χ4n) is 3.20. The molecule has 124 valence electrons. The minimum Gasteiger partial charge on any atom is -0.456 e. The molecule has 23 heavy (non-hydrogen) atoms. The summed E-state index contributed by atoms with van der Waals surface area (Å²) < 4.78 is 5.64. The van der Waals surface area contributed by atoms with Gasteiger partial charge in [-0.2, -0.15) is 0 Å². The molecule has 1 aliphatic carbocycles. The van der Waals surface area contributed by atoms with Gasteiger partial charge in [-0.05, 0) is 61.1 Å². The quantitative estimate of drug-likeness (QED) is 0.835. The van der Waals surface area contributed by atoms with Crippen molar-refractivity contribution in [3.8, 4) is 0 Å². The number of benzene rings is 1. The molecule has 1 aliphatic rings. The van der Waals surface area contributed by atoms with Crippen molar-refractivity contribution in [1.82, 2.24) is 5.32 Å². The van der Waals surface area contributed by atoms with E-state index < -0.39 is 0 Å². The predicted molar refractivity (Wildman–Crippen MR) is 94.1 cm³/mol. The van der Waals surface area contributed by atoms with E-state index in [0.29, 0.717) is 5.76 Å². The lowest BCUT2D eigenvalue weighted by molar-refractivity contribution is 0.0903. The van der Waals surface area contributed by atoms with Crippen molar-refractivity contribution in [2.24, 2.45) is 0 Å². The molecule has 3 rings (SSSR count). The summed E-state index contributed by atoms with van der Waals surface area (Å²) in [6.45, 7) is 3.99. The zero-order valence-electron chi connectivity index (χ0n) is 13.5. The molecule has 1 unspecified atom stereocenters. The van der Waals surface area contributed by atoms with E-state index in [9.17, 15) is 4.79 Å². The smallest absolute Gasteiger partial charge is 0.287 e. The van der Waals surface area contributed by atoms with E-state index in [-0.39, 0.29) is 24.4 Å². The second-order valence-corrected chi connectivity index (χ2v) is 5.95. The molecule has 3 N–H and O–H groups in total. The van der Waals surface area contributed by atoms with Gasteiger partial charge in [0.1, 0.15) is 5.76 Å². The van der Waals surface area contributed by atoms with Crippen LogP contribution in [0.3, 0.4) is 0 Å². The number of rotatable bonds is 3. The third-order valence-corrected chi connectivity index (χ3v) is 4.35. The van der Waals surface area contributed by atoms with Gasteiger partial charge in [0.2, 0.25) is 0 Å². The van der Waals surface area contributed by atoms with Gasteiger partial charge in [-0.3, -0.25) is 4.79 Å². The number of carbonyl (C=O) groups excluding carboxylic acids is 1. The number of carbonyl (C=O) groups is 1. The van der Waals surface area contributed by atoms with Crippen LogP contribution in [-0.4, -0.2) is 5.91 Å². The monoisotopic (exact) mass is 334 g/mol. The average Bonchev–Trinajstić information content (AvgIpc) is 2.88. The third-order valence-electron chi connectivity index (χ3n) is 4.35. The van der Waals surface area contributed by atoms with Crippen LogP contribution in [0, 0.1) is 6.92 Å². The number of nitrogen functional groups attached to an aromatic ring is 1. The summed E-state index contributed by atoms with van der Waals surface area (Å²) in [4.78, 5) is 12.4. The first kappa shape index (κ1) is 17.4. The summed E-state index contributed by atoms with van der Waals surface area (Å²) in [6, 6.07) is 7.79. The van der Waals surface area contributed by atoms with Gasteiger partial charge in [-0.15, -0.1) is 12.4 Å². The number of amides is 1. The summed E-state index contributed by atoms with van der Waals surface area (Å²) in [5.74, 6) is 1.14. The van der Waals surface area contributed by atoms with E-state index in [1.165, 1.54) is 11.1 Å². The lowest BCUT2D eigenvalue weighted by Crippen LogP contribution is -2.30. The third kappa shape index (κ3) is 3.53. The second-order valence-electron chi connectivity index (χ2n) is 5.95. The molecule has 1 aromatic heterocycles. The first-order valence-corrected chi connectivity index (χ1v) is 7.87. The number of nitrogens with two attached hydrogens (primary N) is 1. The van der Waals surface area contributed by atoms with Crippen molar-refractivity contribution in [3.05, 3.63) is 52.5 Å². The Hall–Kier alpha value is -1.94. The van der Waals surface area contributed by atoms with Crippen LogP contribution in [0.25, 0.3) is 0 Å². The summed E-state index contributed by atoms with van der Waals surface area (Å²) >= 11 is 0. The van der Waals surface area contributed by atoms with E-state index >= 15 is 0 Å². The highest BCUT2D eigenvalue weighted by molar-refractivity contribution is 5.92.